The van der Waals surface area contributed by atoms with Gasteiger partial charge in [0.1, 0.15) is 0 Å². The number of aromatic amines is 1. The molecule has 21 heavy (non-hydrogen) atoms. The summed E-state index contributed by atoms with van der Waals surface area (Å²) in [4.78, 5) is 25.1. The lowest BCUT2D eigenvalue weighted by atomic mass is 10.1. The van der Waals surface area contributed by atoms with Crippen molar-refractivity contribution < 1.29 is 14.6 Å². The molecule has 2 heterocycles. The summed E-state index contributed by atoms with van der Waals surface area (Å²) in [5.41, 5.74) is -0.357. The Hall–Kier alpha value is -1.86. The first-order chi connectivity index (χ1) is 10.1. The van der Waals surface area contributed by atoms with Crippen LogP contribution in [0.5, 0.6) is 5.88 Å². The average Bonchev–Trinajstić information content (AvgIpc) is 2.47. The molecule has 0 spiro atoms. The van der Waals surface area contributed by atoms with E-state index in [2.05, 4.69) is 15.6 Å². The number of ether oxygens (including phenoxy) is 1. The summed E-state index contributed by atoms with van der Waals surface area (Å²) in [6.45, 7) is 3.06. The topological polar surface area (TPSA) is 103 Å². The zero-order valence-corrected chi connectivity index (χ0v) is 11.9. The van der Waals surface area contributed by atoms with E-state index in [-0.39, 0.29) is 17.4 Å². The molecule has 1 aliphatic heterocycles. The molecule has 1 saturated heterocycles. The lowest BCUT2D eigenvalue weighted by Crippen LogP contribution is -2.33. The number of hydrogen-bond donors (Lipinski definition) is 4. The van der Waals surface area contributed by atoms with E-state index in [1.54, 1.807) is 0 Å². The minimum absolute atomic E-state index is 0.149. The Labute approximate surface area is 122 Å². The largest absolute Gasteiger partial charge is 0.494 e. The van der Waals surface area contributed by atoms with Gasteiger partial charge in [0.05, 0.1) is 11.7 Å². The molecule has 4 N–H and O–H groups in total. The maximum absolute atomic E-state index is 11.8. The molecule has 2 rings (SSSR count). The summed E-state index contributed by atoms with van der Waals surface area (Å²) in [5.74, 6) is -0.694. The highest BCUT2D eigenvalue weighted by Gasteiger charge is 2.12. The lowest BCUT2D eigenvalue weighted by Gasteiger charge is -2.22. The van der Waals surface area contributed by atoms with Crippen molar-refractivity contribution in [2.45, 2.75) is 25.4 Å². The van der Waals surface area contributed by atoms with Gasteiger partial charge in [0, 0.05) is 25.3 Å². The van der Waals surface area contributed by atoms with E-state index in [0.717, 1.165) is 32.0 Å². The van der Waals surface area contributed by atoms with Crippen LogP contribution in [0.1, 0.15) is 29.6 Å². The van der Waals surface area contributed by atoms with Gasteiger partial charge in [0.2, 0.25) is 0 Å². The average molecular weight is 295 g/mol. The Balaban J connectivity index is 1.66. The van der Waals surface area contributed by atoms with Crippen molar-refractivity contribution in [3.63, 3.8) is 0 Å². The second-order valence-electron chi connectivity index (χ2n) is 5.05. The van der Waals surface area contributed by atoms with Gasteiger partial charge in [0.15, 0.2) is 5.88 Å². The molecule has 1 aromatic rings. The first kappa shape index (κ1) is 15.5. The number of piperidine rings is 1. The number of hydrogen-bond acceptors (Lipinski definition) is 5. The fourth-order valence-electron chi connectivity index (χ4n) is 2.25. The Morgan fingerprint density at radius 2 is 2.14 bits per heavy atom. The lowest BCUT2D eigenvalue weighted by molar-refractivity contribution is 0.0318. The van der Waals surface area contributed by atoms with E-state index >= 15 is 0 Å². The van der Waals surface area contributed by atoms with Gasteiger partial charge in [-0.25, -0.2) is 0 Å². The van der Waals surface area contributed by atoms with Crippen molar-refractivity contribution in [2.75, 3.05) is 26.2 Å². The van der Waals surface area contributed by atoms with E-state index in [4.69, 9.17) is 4.74 Å². The smallest absolute Gasteiger partial charge is 0.251 e. The monoisotopic (exact) mass is 295 g/mol. The number of carbonyl (C=O) groups is 1. The van der Waals surface area contributed by atoms with Crippen LogP contribution in [0.2, 0.25) is 0 Å². The molecule has 0 aromatic carbocycles. The van der Waals surface area contributed by atoms with Gasteiger partial charge in [-0.3, -0.25) is 14.6 Å². The Kier molecular flexibility index (Phi) is 5.77. The van der Waals surface area contributed by atoms with E-state index in [1.807, 2.05) is 0 Å². The highest BCUT2D eigenvalue weighted by Crippen LogP contribution is 2.07. The van der Waals surface area contributed by atoms with Crippen molar-refractivity contribution in [2.24, 2.45) is 0 Å². The number of aromatic hydroxyl groups is 1. The summed E-state index contributed by atoms with van der Waals surface area (Å²) in [6.07, 6.45) is 3.08. The zero-order chi connectivity index (χ0) is 15.1. The number of amides is 1. The molecule has 0 radical (unpaired) electrons. The molecular weight excluding hydrogens is 274 g/mol. The van der Waals surface area contributed by atoms with Crippen LogP contribution >= 0.6 is 0 Å². The second kappa shape index (κ2) is 7.80. The van der Waals surface area contributed by atoms with Crippen LogP contribution in [0.4, 0.5) is 0 Å². The van der Waals surface area contributed by atoms with E-state index < -0.39 is 5.56 Å². The molecule has 7 heteroatoms. The van der Waals surface area contributed by atoms with Crippen LogP contribution in [-0.4, -0.2) is 48.3 Å². The van der Waals surface area contributed by atoms with Crippen LogP contribution in [0.3, 0.4) is 0 Å². The molecule has 7 nitrogen and oxygen atoms in total. The summed E-state index contributed by atoms with van der Waals surface area (Å²) >= 11 is 0. The molecule has 1 fully saturated rings. The third-order valence-corrected chi connectivity index (χ3v) is 3.34. The number of carbonyl (C=O) groups excluding carboxylic acids is 1. The van der Waals surface area contributed by atoms with E-state index in [9.17, 15) is 14.7 Å². The predicted molar refractivity (Wildman–Crippen MR) is 77.5 cm³/mol. The van der Waals surface area contributed by atoms with Crippen molar-refractivity contribution in [3.8, 4) is 5.88 Å². The van der Waals surface area contributed by atoms with E-state index in [1.165, 1.54) is 6.07 Å². The summed E-state index contributed by atoms with van der Waals surface area (Å²) < 4.78 is 5.72. The van der Waals surface area contributed by atoms with Gasteiger partial charge in [-0.05, 0) is 32.4 Å². The zero-order valence-electron chi connectivity index (χ0n) is 11.9. The Morgan fingerprint density at radius 3 is 2.86 bits per heavy atom. The molecule has 1 aliphatic rings. The van der Waals surface area contributed by atoms with Crippen molar-refractivity contribution in [3.05, 3.63) is 28.0 Å². The number of nitrogens with one attached hydrogen (secondary N) is 3. The van der Waals surface area contributed by atoms with Crippen molar-refractivity contribution in [1.29, 1.82) is 0 Å². The highest BCUT2D eigenvalue weighted by atomic mass is 16.5. The van der Waals surface area contributed by atoms with Gasteiger partial charge in [0.25, 0.3) is 11.5 Å². The Morgan fingerprint density at radius 1 is 1.38 bits per heavy atom. The summed E-state index contributed by atoms with van der Waals surface area (Å²) in [6, 6.07) is 2.38. The van der Waals surface area contributed by atoms with Crippen LogP contribution < -0.4 is 16.2 Å². The molecule has 1 aromatic heterocycles. The van der Waals surface area contributed by atoms with Gasteiger partial charge >= 0.3 is 0 Å². The maximum Gasteiger partial charge on any atom is 0.251 e. The SMILES string of the molecule is O=C(NCCCOC1CCNCC1)c1cc(O)[nH]c(=O)c1. The van der Waals surface area contributed by atoms with Crippen LogP contribution in [0.25, 0.3) is 0 Å². The minimum atomic E-state index is -0.505. The van der Waals surface area contributed by atoms with Crippen molar-refractivity contribution in [1.82, 2.24) is 15.6 Å². The highest BCUT2D eigenvalue weighted by molar-refractivity contribution is 5.94. The van der Waals surface area contributed by atoms with Gasteiger partial charge in [-0.2, -0.15) is 0 Å². The molecule has 0 aliphatic carbocycles. The molecule has 0 bridgehead atoms. The molecular formula is C14H21N3O4. The predicted octanol–water partition coefficient (Wildman–Crippen LogP) is -0.0310. The maximum atomic E-state index is 11.8. The summed E-state index contributed by atoms with van der Waals surface area (Å²) in [7, 11) is 0. The first-order valence-corrected chi connectivity index (χ1v) is 7.19. The Bertz CT molecular complexity index is 523. The molecule has 0 saturated carbocycles. The third-order valence-electron chi connectivity index (χ3n) is 3.34. The first-order valence-electron chi connectivity index (χ1n) is 7.19. The third kappa shape index (κ3) is 5.20. The fourth-order valence-corrected chi connectivity index (χ4v) is 2.25. The fraction of sp³-hybridized carbons (Fsp3) is 0.571. The van der Waals surface area contributed by atoms with Gasteiger partial charge < -0.3 is 20.5 Å². The van der Waals surface area contributed by atoms with Gasteiger partial charge in [-0.15, -0.1) is 0 Å². The van der Waals surface area contributed by atoms with Crippen LogP contribution in [-0.2, 0) is 4.74 Å². The standard InChI is InChI=1S/C14H21N3O4/c18-12-8-10(9-13(19)17-12)14(20)16-4-1-7-21-11-2-5-15-6-3-11/h8-9,11,15H,1-7H2,(H,16,20)(H2,17,18,19). The normalized spacial score (nSPS) is 15.8. The van der Waals surface area contributed by atoms with Crippen LogP contribution in [0, 0.1) is 0 Å². The number of aromatic nitrogens is 1. The van der Waals surface area contributed by atoms with E-state index in [0.29, 0.717) is 25.7 Å². The molecule has 0 atom stereocenters. The number of rotatable bonds is 6. The number of pyridine rings is 1. The summed E-state index contributed by atoms with van der Waals surface area (Å²) in [5, 5.41) is 15.2. The second-order valence-corrected chi connectivity index (χ2v) is 5.05. The molecule has 0 unspecified atom stereocenters. The minimum Gasteiger partial charge on any atom is -0.494 e. The quantitative estimate of drug-likeness (QED) is 0.552. The van der Waals surface area contributed by atoms with Crippen molar-refractivity contribution >= 4 is 5.91 Å². The molecule has 116 valence electrons. The number of H-pyrrole nitrogens is 1. The molecule has 1 amide bonds. The van der Waals surface area contributed by atoms with Crippen LogP contribution in [0.15, 0.2) is 16.9 Å². The van der Waals surface area contributed by atoms with Gasteiger partial charge in [-0.1, -0.05) is 0 Å².